The predicted molar refractivity (Wildman–Crippen MR) is 88.4 cm³/mol. The highest BCUT2D eigenvalue weighted by atomic mass is 16.4. The summed E-state index contributed by atoms with van der Waals surface area (Å²) in [7, 11) is 0. The number of rotatable bonds is 14. The van der Waals surface area contributed by atoms with Crippen molar-refractivity contribution in [3.05, 3.63) is 24.3 Å². The van der Waals surface area contributed by atoms with E-state index in [1.165, 1.54) is 19.3 Å². The van der Waals surface area contributed by atoms with Crippen LogP contribution in [0.3, 0.4) is 0 Å². The van der Waals surface area contributed by atoms with E-state index in [0.717, 1.165) is 44.9 Å². The standard InChI is InChI=1S/C18H32O3/c1-2-3-4-5-6-8-11-14-17(19)15-12-9-7-10-13-16-18(20)21/h6,8,11,14,17,19H,2-5,7,9-10,12-13,15-16H2,1H3,(H,20,21)/b8-6-,14-11+/t17-/m0/s1. The van der Waals surface area contributed by atoms with E-state index >= 15 is 0 Å². The van der Waals surface area contributed by atoms with E-state index in [9.17, 15) is 9.90 Å². The summed E-state index contributed by atoms with van der Waals surface area (Å²) in [5.41, 5.74) is 0. The Kier molecular flexibility index (Phi) is 14.5. The van der Waals surface area contributed by atoms with Crippen molar-refractivity contribution >= 4 is 5.97 Å². The summed E-state index contributed by atoms with van der Waals surface area (Å²) in [6.07, 6.45) is 18.4. The Balaban J connectivity index is 3.40. The number of unbranched alkanes of at least 4 members (excludes halogenated alkanes) is 7. The van der Waals surface area contributed by atoms with Crippen LogP contribution in [0, 0.1) is 0 Å². The summed E-state index contributed by atoms with van der Waals surface area (Å²) < 4.78 is 0. The van der Waals surface area contributed by atoms with Crippen LogP contribution in [0.25, 0.3) is 0 Å². The Morgan fingerprint density at radius 2 is 1.71 bits per heavy atom. The van der Waals surface area contributed by atoms with E-state index in [0.29, 0.717) is 0 Å². The van der Waals surface area contributed by atoms with Crippen molar-refractivity contribution in [2.45, 2.75) is 83.7 Å². The van der Waals surface area contributed by atoms with Crippen LogP contribution in [0.15, 0.2) is 24.3 Å². The van der Waals surface area contributed by atoms with Gasteiger partial charge in [0.15, 0.2) is 0 Å². The monoisotopic (exact) mass is 296 g/mol. The fraction of sp³-hybridized carbons (Fsp3) is 0.722. The molecule has 122 valence electrons. The molecule has 0 rings (SSSR count). The second-order valence-electron chi connectivity index (χ2n) is 5.58. The Bertz CT molecular complexity index is 295. The van der Waals surface area contributed by atoms with E-state index in [1.54, 1.807) is 0 Å². The van der Waals surface area contributed by atoms with Gasteiger partial charge in [-0.15, -0.1) is 0 Å². The number of aliphatic carboxylic acids is 1. The van der Waals surface area contributed by atoms with Gasteiger partial charge < -0.3 is 10.2 Å². The lowest BCUT2D eigenvalue weighted by Gasteiger charge is -2.04. The van der Waals surface area contributed by atoms with Crippen LogP contribution >= 0.6 is 0 Å². The second kappa shape index (κ2) is 15.3. The summed E-state index contributed by atoms with van der Waals surface area (Å²) in [4.78, 5) is 10.3. The van der Waals surface area contributed by atoms with Crippen molar-refractivity contribution in [1.82, 2.24) is 0 Å². The predicted octanol–water partition coefficient (Wildman–Crippen LogP) is 4.86. The molecule has 0 saturated carbocycles. The molecule has 0 bridgehead atoms. The molecule has 0 aliphatic rings. The molecule has 3 nitrogen and oxygen atoms in total. The third-order valence-electron chi connectivity index (χ3n) is 3.45. The van der Waals surface area contributed by atoms with Gasteiger partial charge in [-0.2, -0.15) is 0 Å². The minimum Gasteiger partial charge on any atom is -0.481 e. The van der Waals surface area contributed by atoms with Gasteiger partial charge in [0.25, 0.3) is 0 Å². The molecule has 0 heterocycles. The van der Waals surface area contributed by atoms with Crippen molar-refractivity contribution in [2.75, 3.05) is 0 Å². The van der Waals surface area contributed by atoms with E-state index in [-0.39, 0.29) is 12.5 Å². The molecule has 0 saturated heterocycles. The lowest BCUT2D eigenvalue weighted by Crippen LogP contribution is -2.01. The highest BCUT2D eigenvalue weighted by Gasteiger charge is 1.99. The maximum absolute atomic E-state index is 10.3. The minimum absolute atomic E-state index is 0.274. The molecule has 0 amide bonds. The third kappa shape index (κ3) is 16.9. The van der Waals surface area contributed by atoms with Gasteiger partial charge in [0.1, 0.15) is 0 Å². The maximum atomic E-state index is 10.3. The zero-order valence-electron chi connectivity index (χ0n) is 13.5. The molecule has 0 aromatic carbocycles. The molecule has 1 atom stereocenters. The van der Waals surface area contributed by atoms with Crippen LogP contribution < -0.4 is 0 Å². The highest BCUT2D eigenvalue weighted by Crippen LogP contribution is 2.09. The van der Waals surface area contributed by atoms with Crippen LogP contribution in [-0.4, -0.2) is 22.3 Å². The van der Waals surface area contributed by atoms with Crippen LogP contribution in [0.1, 0.15) is 77.6 Å². The Hall–Kier alpha value is -1.09. The molecule has 21 heavy (non-hydrogen) atoms. The van der Waals surface area contributed by atoms with Gasteiger partial charge in [-0.3, -0.25) is 4.79 Å². The average Bonchev–Trinajstić information content (AvgIpc) is 2.45. The summed E-state index contributed by atoms with van der Waals surface area (Å²) in [6, 6.07) is 0. The Morgan fingerprint density at radius 1 is 1.00 bits per heavy atom. The molecule has 2 N–H and O–H groups in total. The van der Waals surface area contributed by atoms with Crippen molar-refractivity contribution in [1.29, 1.82) is 0 Å². The summed E-state index contributed by atoms with van der Waals surface area (Å²) in [6.45, 7) is 2.20. The zero-order valence-corrected chi connectivity index (χ0v) is 13.5. The third-order valence-corrected chi connectivity index (χ3v) is 3.45. The number of hydrogen-bond acceptors (Lipinski definition) is 2. The smallest absolute Gasteiger partial charge is 0.303 e. The Labute approximate surface area is 129 Å². The molecule has 0 radical (unpaired) electrons. The quantitative estimate of drug-likeness (QED) is 0.355. The van der Waals surface area contributed by atoms with Crippen LogP contribution in [-0.2, 0) is 4.79 Å². The Morgan fingerprint density at radius 3 is 2.43 bits per heavy atom. The fourth-order valence-corrected chi connectivity index (χ4v) is 2.14. The van der Waals surface area contributed by atoms with Crippen molar-refractivity contribution in [3.63, 3.8) is 0 Å². The van der Waals surface area contributed by atoms with E-state index in [2.05, 4.69) is 13.0 Å². The number of carboxylic acid groups (broad SMARTS) is 1. The molecule has 0 aliphatic heterocycles. The first-order valence-electron chi connectivity index (χ1n) is 8.40. The first kappa shape index (κ1) is 19.9. The normalized spacial score (nSPS) is 13.2. The van der Waals surface area contributed by atoms with E-state index in [1.807, 2.05) is 18.2 Å². The van der Waals surface area contributed by atoms with Gasteiger partial charge in [0.05, 0.1) is 6.10 Å². The number of carboxylic acids is 1. The summed E-state index contributed by atoms with van der Waals surface area (Å²) in [5, 5.41) is 18.3. The van der Waals surface area contributed by atoms with Gasteiger partial charge in [-0.25, -0.2) is 0 Å². The summed E-state index contributed by atoms with van der Waals surface area (Å²) in [5.74, 6) is -0.710. The first-order chi connectivity index (χ1) is 10.2. The maximum Gasteiger partial charge on any atom is 0.303 e. The number of allylic oxidation sites excluding steroid dienone is 3. The van der Waals surface area contributed by atoms with Crippen LogP contribution in [0.4, 0.5) is 0 Å². The SMILES string of the molecule is CCCCC/C=C\C=C\[C@H](O)CCCCCCCC(=O)O. The zero-order chi connectivity index (χ0) is 15.8. The number of hydrogen-bond donors (Lipinski definition) is 2. The minimum atomic E-state index is -0.710. The van der Waals surface area contributed by atoms with Gasteiger partial charge in [0, 0.05) is 6.42 Å². The molecule has 0 fully saturated rings. The molecular formula is C18H32O3. The fourth-order valence-electron chi connectivity index (χ4n) is 2.14. The largest absolute Gasteiger partial charge is 0.481 e. The van der Waals surface area contributed by atoms with Crippen molar-refractivity contribution < 1.29 is 15.0 Å². The first-order valence-corrected chi connectivity index (χ1v) is 8.40. The van der Waals surface area contributed by atoms with Gasteiger partial charge in [0.2, 0.25) is 0 Å². The molecule has 0 aliphatic carbocycles. The molecular weight excluding hydrogens is 264 g/mol. The van der Waals surface area contributed by atoms with Crippen LogP contribution in [0.5, 0.6) is 0 Å². The number of carbonyl (C=O) groups is 1. The highest BCUT2D eigenvalue weighted by molar-refractivity contribution is 5.66. The lowest BCUT2D eigenvalue weighted by molar-refractivity contribution is -0.137. The van der Waals surface area contributed by atoms with Gasteiger partial charge in [-0.05, 0) is 25.7 Å². The number of aliphatic hydroxyl groups is 1. The van der Waals surface area contributed by atoms with Gasteiger partial charge >= 0.3 is 5.97 Å². The van der Waals surface area contributed by atoms with Crippen molar-refractivity contribution in [2.24, 2.45) is 0 Å². The topological polar surface area (TPSA) is 57.5 Å². The molecule has 0 aromatic heterocycles. The molecule has 3 heteroatoms. The van der Waals surface area contributed by atoms with Crippen LogP contribution in [0.2, 0.25) is 0 Å². The molecule has 0 unspecified atom stereocenters. The number of aliphatic hydroxyl groups excluding tert-OH is 1. The van der Waals surface area contributed by atoms with E-state index in [4.69, 9.17) is 5.11 Å². The van der Waals surface area contributed by atoms with Gasteiger partial charge in [-0.1, -0.05) is 69.8 Å². The lowest BCUT2D eigenvalue weighted by atomic mass is 10.1. The van der Waals surface area contributed by atoms with Crippen molar-refractivity contribution in [3.8, 4) is 0 Å². The second-order valence-corrected chi connectivity index (χ2v) is 5.58. The summed E-state index contributed by atoms with van der Waals surface area (Å²) >= 11 is 0. The molecule has 0 spiro atoms. The van der Waals surface area contributed by atoms with E-state index < -0.39 is 5.97 Å². The average molecular weight is 296 g/mol. The molecule has 0 aromatic rings.